The van der Waals surface area contributed by atoms with Gasteiger partial charge in [-0.05, 0) is 78.6 Å². The van der Waals surface area contributed by atoms with E-state index in [1.807, 2.05) is 16.9 Å². The molecule has 1 aromatic carbocycles. The Hall–Kier alpha value is -2.03. The topological polar surface area (TPSA) is 52.4 Å². The highest BCUT2D eigenvalue weighted by Crippen LogP contribution is 2.48. The molecule has 34 heavy (non-hydrogen) atoms. The first-order chi connectivity index (χ1) is 16.5. The van der Waals surface area contributed by atoms with Crippen LogP contribution in [0.2, 0.25) is 0 Å². The Balaban J connectivity index is 1.49. The van der Waals surface area contributed by atoms with Crippen molar-refractivity contribution in [2.75, 3.05) is 20.3 Å². The molecule has 2 fully saturated rings. The summed E-state index contributed by atoms with van der Waals surface area (Å²) in [5, 5.41) is 6.04. The molecule has 1 unspecified atom stereocenters. The molecule has 0 amide bonds. The Kier molecular flexibility index (Phi) is 5.66. The number of halogens is 2. The predicted octanol–water partition coefficient (Wildman–Crippen LogP) is 5.74. The summed E-state index contributed by atoms with van der Waals surface area (Å²) >= 11 is 3.46. The van der Waals surface area contributed by atoms with Gasteiger partial charge in [0.25, 0.3) is 0 Å². The summed E-state index contributed by atoms with van der Waals surface area (Å²) < 4.78 is 29.6. The zero-order valence-corrected chi connectivity index (χ0v) is 21.2. The molecule has 8 heteroatoms. The number of aromatic nitrogens is 3. The van der Waals surface area contributed by atoms with Gasteiger partial charge in [-0.3, -0.25) is 4.90 Å². The van der Waals surface area contributed by atoms with E-state index in [1.54, 1.807) is 7.11 Å². The van der Waals surface area contributed by atoms with Gasteiger partial charge < -0.3 is 9.47 Å². The lowest BCUT2D eigenvalue weighted by molar-refractivity contribution is -0.0390. The molecule has 0 radical (unpaired) electrons. The standard InChI is InChI=1S/C26H30BrFN4O2/c1-16-11-18-17(6-7-21-20(18)14-32(30-21)24-5-3-4-10-34-24)25(31(16)15-26(28)8-9-26)19-13-29-23(27)12-22(19)33-2/h6-7,12-14,16,24-25H,3-5,8-11,15H2,1-2H3/t16-,24?,25+/m1/s1. The smallest absolute Gasteiger partial charge is 0.150 e. The highest BCUT2D eigenvalue weighted by Gasteiger charge is 2.48. The fraction of sp³-hybridized carbons (Fsp3) is 0.538. The quantitative estimate of drug-likeness (QED) is 0.395. The maximum atomic E-state index is 15.1. The average Bonchev–Trinajstić information content (AvgIpc) is 3.40. The van der Waals surface area contributed by atoms with E-state index in [0.29, 0.717) is 19.4 Å². The average molecular weight is 529 g/mol. The van der Waals surface area contributed by atoms with Crippen LogP contribution in [0.5, 0.6) is 5.75 Å². The van der Waals surface area contributed by atoms with Crippen molar-refractivity contribution in [2.45, 2.75) is 69.4 Å². The minimum absolute atomic E-state index is 0.00198. The Morgan fingerprint density at radius 2 is 2.12 bits per heavy atom. The van der Waals surface area contributed by atoms with Crippen molar-refractivity contribution in [1.82, 2.24) is 19.7 Å². The molecular weight excluding hydrogens is 499 g/mol. The number of rotatable bonds is 5. The van der Waals surface area contributed by atoms with Crippen LogP contribution in [-0.4, -0.2) is 51.6 Å². The van der Waals surface area contributed by atoms with Crippen molar-refractivity contribution in [3.05, 3.63) is 51.9 Å². The fourth-order valence-corrected chi connectivity index (χ4v) is 5.93. The third kappa shape index (κ3) is 3.93. The largest absolute Gasteiger partial charge is 0.496 e. The highest BCUT2D eigenvalue weighted by atomic mass is 79.9. The van der Waals surface area contributed by atoms with Gasteiger partial charge in [-0.2, -0.15) is 5.10 Å². The van der Waals surface area contributed by atoms with Crippen LogP contribution in [0.3, 0.4) is 0 Å². The maximum absolute atomic E-state index is 15.1. The summed E-state index contributed by atoms with van der Waals surface area (Å²) in [5.74, 6) is 0.757. The lowest BCUT2D eigenvalue weighted by Crippen LogP contribution is -2.46. The van der Waals surface area contributed by atoms with Gasteiger partial charge >= 0.3 is 0 Å². The number of hydrogen-bond acceptors (Lipinski definition) is 5. The van der Waals surface area contributed by atoms with Crippen LogP contribution in [-0.2, 0) is 11.2 Å². The fourth-order valence-electron chi connectivity index (χ4n) is 5.62. The Morgan fingerprint density at radius 1 is 1.26 bits per heavy atom. The number of nitrogens with zero attached hydrogens (tertiary/aromatic N) is 4. The van der Waals surface area contributed by atoms with Crippen molar-refractivity contribution in [3.63, 3.8) is 0 Å². The second-order valence-corrected chi connectivity index (χ2v) is 10.8. The molecule has 6 nitrogen and oxygen atoms in total. The van der Waals surface area contributed by atoms with Gasteiger partial charge in [0, 0.05) is 48.6 Å². The van der Waals surface area contributed by atoms with E-state index in [9.17, 15) is 0 Å². The third-order valence-corrected chi connectivity index (χ3v) is 8.07. The van der Waals surface area contributed by atoms with Crippen LogP contribution in [0.15, 0.2) is 35.2 Å². The molecular formula is C26H30BrFN4O2. The van der Waals surface area contributed by atoms with Crippen molar-refractivity contribution >= 4 is 26.8 Å². The Bertz CT molecular complexity index is 1220. The predicted molar refractivity (Wildman–Crippen MR) is 132 cm³/mol. The van der Waals surface area contributed by atoms with E-state index in [-0.39, 0.29) is 18.3 Å². The number of ether oxygens (including phenoxy) is 2. The third-order valence-electron chi connectivity index (χ3n) is 7.63. The minimum atomic E-state index is -1.09. The number of fused-ring (bicyclic) bond motifs is 3. The Labute approximate surface area is 207 Å². The molecule has 180 valence electrons. The number of alkyl halides is 1. The summed E-state index contributed by atoms with van der Waals surface area (Å²) in [6.45, 7) is 3.41. The van der Waals surface area contributed by atoms with Crippen LogP contribution in [0, 0.1) is 0 Å². The van der Waals surface area contributed by atoms with E-state index in [0.717, 1.165) is 59.1 Å². The van der Waals surface area contributed by atoms with E-state index >= 15 is 4.39 Å². The second-order valence-electron chi connectivity index (χ2n) is 10.0. The molecule has 0 N–H and O–H groups in total. The van der Waals surface area contributed by atoms with Crippen LogP contribution >= 0.6 is 15.9 Å². The number of hydrogen-bond donors (Lipinski definition) is 0. The monoisotopic (exact) mass is 528 g/mol. The number of pyridine rings is 1. The van der Waals surface area contributed by atoms with E-state index in [1.165, 1.54) is 11.1 Å². The molecule has 1 aliphatic carbocycles. The minimum Gasteiger partial charge on any atom is -0.496 e. The lowest BCUT2D eigenvalue weighted by atomic mass is 9.83. The summed E-state index contributed by atoms with van der Waals surface area (Å²) in [5.41, 5.74) is 3.32. The SMILES string of the molecule is COc1cc(Br)ncc1[C@@H]1c2ccc3nn(C4CCCCO4)cc3c2C[C@@H](C)N1CC1(F)CC1. The molecule has 3 aliphatic rings. The van der Waals surface area contributed by atoms with Gasteiger partial charge in [-0.25, -0.2) is 14.1 Å². The van der Waals surface area contributed by atoms with Crippen LogP contribution in [0.1, 0.15) is 68.0 Å². The first-order valence-corrected chi connectivity index (χ1v) is 13.0. The van der Waals surface area contributed by atoms with Gasteiger partial charge in [-0.1, -0.05) is 6.07 Å². The van der Waals surface area contributed by atoms with Crippen LogP contribution in [0.4, 0.5) is 4.39 Å². The summed E-state index contributed by atoms with van der Waals surface area (Å²) in [4.78, 5) is 6.83. The number of methoxy groups -OCH3 is 1. The molecule has 2 aliphatic heterocycles. The molecule has 1 saturated carbocycles. The first kappa shape index (κ1) is 22.4. The van der Waals surface area contributed by atoms with Gasteiger partial charge in [0.05, 0.1) is 18.7 Å². The molecule has 6 rings (SSSR count). The number of benzene rings is 1. The van der Waals surface area contributed by atoms with Gasteiger partial charge in [0.1, 0.15) is 22.2 Å². The van der Waals surface area contributed by atoms with E-state index in [4.69, 9.17) is 14.6 Å². The normalized spacial score (nSPS) is 26.4. The van der Waals surface area contributed by atoms with Gasteiger partial charge in [0.15, 0.2) is 0 Å². The van der Waals surface area contributed by atoms with Crippen LogP contribution in [0.25, 0.3) is 10.9 Å². The van der Waals surface area contributed by atoms with Crippen molar-refractivity contribution < 1.29 is 13.9 Å². The lowest BCUT2D eigenvalue weighted by Gasteiger charge is -2.43. The summed E-state index contributed by atoms with van der Waals surface area (Å²) in [7, 11) is 1.68. The van der Waals surface area contributed by atoms with Crippen molar-refractivity contribution in [2.24, 2.45) is 0 Å². The molecule has 3 atom stereocenters. The van der Waals surface area contributed by atoms with Crippen molar-refractivity contribution in [3.8, 4) is 5.75 Å². The maximum Gasteiger partial charge on any atom is 0.150 e. The first-order valence-electron chi connectivity index (χ1n) is 12.2. The summed E-state index contributed by atoms with van der Waals surface area (Å²) in [6, 6.07) is 6.18. The van der Waals surface area contributed by atoms with Crippen molar-refractivity contribution in [1.29, 1.82) is 0 Å². The van der Waals surface area contributed by atoms with Gasteiger partial charge in [-0.15, -0.1) is 0 Å². The highest BCUT2D eigenvalue weighted by molar-refractivity contribution is 9.10. The molecule has 3 aromatic rings. The van der Waals surface area contributed by atoms with Crippen LogP contribution < -0.4 is 4.74 Å². The molecule has 4 heterocycles. The Morgan fingerprint density at radius 3 is 2.85 bits per heavy atom. The zero-order valence-electron chi connectivity index (χ0n) is 19.6. The summed E-state index contributed by atoms with van der Waals surface area (Å²) in [6.07, 6.45) is 9.41. The molecule has 1 saturated heterocycles. The molecule has 0 spiro atoms. The molecule has 0 bridgehead atoms. The van der Waals surface area contributed by atoms with Gasteiger partial charge in [0.2, 0.25) is 0 Å². The zero-order chi connectivity index (χ0) is 23.4. The van der Waals surface area contributed by atoms with E-state index in [2.05, 4.69) is 51.1 Å². The molecule has 2 aromatic heterocycles. The second kappa shape index (κ2) is 8.57. The van der Waals surface area contributed by atoms with E-state index < -0.39 is 5.67 Å².